The zero-order valence-corrected chi connectivity index (χ0v) is 18.0. The molecule has 5 rings (SSSR count). The number of hydrogen-bond acceptors (Lipinski definition) is 7. The number of hydrogen-bond donors (Lipinski definition) is 2. The molecule has 9 heteroatoms. The van der Waals surface area contributed by atoms with Crippen LogP contribution in [0.3, 0.4) is 0 Å². The molecule has 2 amide bonds. The van der Waals surface area contributed by atoms with Gasteiger partial charge in [0, 0.05) is 21.7 Å². The van der Waals surface area contributed by atoms with Gasteiger partial charge in [0.15, 0.2) is 22.4 Å². The molecule has 1 unspecified atom stereocenters. The predicted octanol–water partition coefficient (Wildman–Crippen LogP) is 4.00. The third-order valence-electron chi connectivity index (χ3n) is 5.43. The van der Waals surface area contributed by atoms with Crippen molar-refractivity contribution in [3.63, 3.8) is 0 Å². The number of ether oxygens (including phenoxy) is 2. The summed E-state index contributed by atoms with van der Waals surface area (Å²) in [6.07, 6.45) is 1.38. The van der Waals surface area contributed by atoms with Crippen LogP contribution in [0.2, 0.25) is 0 Å². The van der Waals surface area contributed by atoms with Crippen LogP contribution in [0.5, 0.6) is 11.5 Å². The highest BCUT2D eigenvalue weighted by Gasteiger charge is 2.33. The normalized spacial score (nSPS) is 15.8. The van der Waals surface area contributed by atoms with E-state index in [2.05, 4.69) is 15.6 Å². The van der Waals surface area contributed by atoms with Crippen molar-refractivity contribution >= 4 is 39.8 Å². The van der Waals surface area contributed by atoms with Gasteiger partial charge in [-0.25, -0.2) is 4.98 Å². The molecule has 0 bridgehead atoms. The minimum absolute atomic E-state index is 0.0633. The highest BCUT2D eigenvalue weighted by atomic mass is 32.1. The van der Waals surface area contributed by atoms with E-state index in [1.54, 1.807) is 42.5 Å². The molecule has 2 aromatic carbocycles. The van der Waals surface area contributed by atoms with E-state index in [9.17, 15) is 14.4 Å². The molecule has 2 N–H and O–H groups in total. The summed E-state index contributed by atoms with van der Waals surface area (Å²) in [5, 5.41) is 6.14. The first-order chi connectivity index (χ1) is 15.5. The van der Waals surface area contributed by atoms with Gasteiger partial charge in [0.25, 0.3) is 5.91 Å². The molecule has 1 aliphatic carbocycles. The van der Waals surface area contributed by atoms with Crippen LogP contribution >= 0.6 is 11.3 Å². The standard InChI is InChI=1S/C23H19N3O5S/c1-12(27)13-3-2-4-15(9-13)24-22(29)16-6-8-19-20(16)25-23(32-19)26-21(28)14-5-7-17-18(10-14)31-11-30-17/h2-5,7,9-10,16H,6,8,11H2,1H3,(H,24,29)(H,25,26,28). The van der Waals surface area contributed by atoms with Crippen molar-refractivity contribution in [3.8, 4) is 11.5 Å². The third kappa shape index (κ3) is 3.82. The molecule has 2 heterocycles. The average molecular weight is 449 g/mol. The van der Waals surface area contributed by atoms with Crippen molar-refractivity contribution in [1.29, 1.82) is 0 Å². The number of aromatic nitrogens is 1. The molecule has 32 heavy (non-hydrogen) atoms. The lowest BCUT2D eigenvalue weighted by atomic mass is 10.1. The summed E-state index contributed by atoms with van der Waals surface area (Å²) in [6.45, 7) is 1.63. The van der Waals surface area contributed by atoms with Crippen molar-refractivity contribution in [2.24, 2.45) is 0 Å². The second-order valence-corrected chi connectivity index (χ2v) is 8.65. The van der Waals surface area contributed by atoms with Crippen LogP contribution < -0.4 is 20.1 Å². The van der Waals surface area contributed by atoms with Gasteiger partial charge in [-0.2, -0.15) is 0 Å². The maximum atomic E-state index is 12.9. The molecular weight excluding hydrogens is 430 g/mol. The first-order valence-corrected chi connectivity index (χ1v) is 10.9. The van der Waals surface area contributed by atoms with Gasteiger partial charge in [0.2, 0.25) is 12.7 Å². The Balaban J connectivity index is 1.29. The number of rotatable bonds is 5. The fourth-order valence-corrected chi connectivity index (χ4v) is 4.82. The molecule has 8 nitrogen and oxygen atoms in total. The molecule has 162 valence electrons. The number of carbonyl (C=O) groups is 3. The van der Waals surface area contributed by atoms with E-state index in [0.717, 1.165) is 11.3 Å². The number of carbonyl (C=O) groups excluding carboxylic acids is 3. The fraction of sp³-hybridized carbons (Fsp3) is 0.217. The summed E-state index contributed by atoms with van der Waals surface area (Å²) >= 11 is 1.38. The van der Waals surface area contributed by atoms with Gasteiger partial charge < -0.3 is 14.8 Å². The zero-order valence-electron chi connectivity index (χ0n) is 17.1. The number of ketones is 1. The van der Waals surface area contributed by atoms with Crippen molar-refractivity contribution < 1.29 is 23.9 Å². The highest BCUT2D eigenvalue weighted by Crippen LogP contribution is 2.39. The lowest BCUT2D eigenvalue weighted by molar-refractivity contribution is -0.117. The number of nitrogens with one attached hydrogen (secondary N) is 2. The van der Waals surface area contributed by atoms with Crippen LogP contribution in [0.1, 0.15) is 50.5 Å². The van der Waals surface area contributed by atoms with Gasteiger partial charge in [0.05, 0.1) is 11.6 Å². The van der Waals surface area contributed by atoms with Crippen LogP contribution in [0.25, 0.3) is 0 Å². The van der Waals surface area contributed by atoms with E-state index in [0.29, 0.717) is 45.6 Å². The first kappa shape index (κ1) is 20.2. The van der Waals surface area contributed by atoms with E-state index < -0.39 is 5.92 Å². The topological polar surface area (TPSA) is 107 Å². The summed E-state index contributed by atoms with van der Waals surface area (Å²) in [5.74, 6) is 0.188. The number of nitrogens with zero attached hydrogens (tertiary/aromatic N) is 1. The molecule has 1 aromatic heterocycles. The molecule has 3 aromatic rings. The molecule has 0 saturated carbocycles. The van der Waals surface area contributed by atoms with Gasteiger partial charge in [-0.1, -0.05) is 12.1 Å². The fourth-order valence-electron chi connectivity index (χ4n) is 3.79. The number of fused-ring (bicyclic) bond motifs is 2. The van der Waals surface area contributed by atoms with E-state index in [1.165, 1.54) is 18.3 Å². The zero-order chi connectivity index (χ0) is 22.2. The first-order valence-electron chi connectivity index (χ1n) is 10.1. The second-order valence-electron chi connectivity index (χ2n) is 7.57. The number of Topliss-reactive ketones (excluding diaryl/α,β-unsaturated/α-hetero) is 1. The van der Waals surface area contributed by atoms with Crippen LogP contribution in [-0.4, -0.2) is 29.4 Å². The summed E-state index contributed by atoms with van der Waals surface area (Å²) in [4.78, 5) is 42.6. The van der Waals surface area contributed by atoms with Crippen LogP contribution in [0.15, 0.2) is 42.5 Å². The molecular formula is C23H19N3O5S. The lowest BCUT2D eigenvalue weighted by Gasteiger charge is -2.11. The largest absolute Gasteiger partial charge is 0.454 e. The maximum Gasteiger partial charge on any atom is 0.257 e. The number of anilines is 2. The quantitative estimate of drug-likeness (QED) is 0.571. The lowest BCUT2D eigenvalue weighted by Crippen LogP contribution is -2.20. The number of benzene rings is 2. The Morgan fingerprint density at radius 2 is 1.88 bits per heavy atom. The Morgan fingerprint density at radius 1 is 1.03 bits per heavy atom. The number of aryl methyl sites for hydroxylation is 1. The molecule has 0 fully saturated rings. The number of thiazole rings is 1. The van der Waals surface area contributed by atoms with Gasteiger partial charge in [-0.3, -0.25) is 19.7 Å². The van der Waals surface area contributed by atoms with Crippen LogP contribution in [0.4, 0.5) is 10.8 Å². The Kier molecular flexibility index (Phi) is 5.10. The van der Waals surface area contributed by atoms with Gasteiger partial charge in [-0.15, -0.1) is 11.3 Å². The van der Waals surface area contributed by atoms with Gasteiger partial charge >= 0.3 is 0 Å². The Morgan fingerprint density at radius 3 is 2.72 bits per heavy atom. The van der Waals surface area contributed by atoms with Crippen molar-refractivity contribution in [2.75, 3.05) is 17.4 Å². The summed E-state index contributed by atoms with van der Waals surface area (Å²) < 4.78 is 10.6. The smallest absolute Gasteiger partial charge is 0.257 e. The minimum Gasteiger partial charge on any atom is -0.454 e. The average Bonchev–Trinajstić information content (AvgIpc) is 3.48. The van der Waals surface area contributed by atoms with E-state index in [1.807, 2.05) is 0 Å². The van der Waals surface area contributed by atoms with Gasteiger partial charge in [-0.05, 0) is 50.1 Å². The summed E-state index contributed by atoms with van der Waals surface area (Å²) in [5.41, 5.74) is 2.24. The second kappa shape index (κ2) is 8.08. The van der Waals surface area contributed by atoms with Crippen molar-refractivity contribution in [1.82, 2.24) is 4.98 Å². The number of amides is 2. The van der Waals surface area contributed by atoms with E-state index in [-0.39, 0.29) is 24.4 Å². The Hall–Kier alpha value is -3.72. The minimum atomic E-state index is -0.404. The predicted molar refractivity (Wildman–Crippen MR) is 119 cm³/mol. The molecule has 0 saturated heterocycles. The van der Waals surface area contributed by atoms with Crippen molar-refractivity contribution in [3.05, 3.63) is 64.2 Å². The SMILES string of the molecule is CC(=O)c1cccc(NC(=O)C2CCc3sc(NC(=O)c4ccc5c(c4)OCO5)nc32)c1. The monoisotopic (exact) mass is 449 g/mol. The summed E-state index contributed by atoms with van der Waals surface area (Å²) in [6, 6.07) is 11.8. The summed E-state index contributed by atoms with van der Waals surface area (Å²) in [7, 11) is 0. The van der Waals surface area contributed by atoms with Crippen molar-refractivity contribution in [2.45, 2.75) is 25.7 Å². The van der Waals surface area contributed by atoms with E-state index in [4.69, 9.17) is 9.47 Å². The van der Waals surface area contributed by atoms with E-state index >= 15 is 0 Å². The molecule has 0 radical (unpaired) electrons. The maximum absolute atomic E-state index is 12.9. The Labute approximate surface area is 187 Å². The molecule has 1 atom stereocenters. The third-order valence-corrected chi connectivity index (χ3v) is 6.47. The van der Waals surface area contributed by atoms with Crippen LogP contribution in [-0.2, 0) is 11.2 Å². The van der Waals surface area contributed by atoms with Gasteiger partial charge in [0.1, 0.15) is 0 Å². The molecule has 2 aliphatic rings. The molecule has 0 spiro atoms. The highest BCUT2D eigenvalue weighted by molar-refractivity contribution is 7.16. The van der Waals surface area contributed by atoms with Crippen LogP contribution in [0, 0.1) is 0 Å². The Bertz CT molecular complexity index is 1250. The molecule has 1 aliphatic heterocycles.